The van der Waals surface area contributed by atoms with Crippen LogP contribution in [0, 0.1) is 20.8 Å². The van der Waals surface area contributed by atoms with Crippen LogP contribution in [0.15, 0.2) is 59.6 Å². The molecule has 4 nitrogen and oxygen atoms in total. The van der Waals surface area contributed by atoms with Crippen LogP contribution in [-0.4, -0.2) is 23.4 Å². The minimum atomic E-state index is -0.295. The van der Waals surface area contributed by atoms with Crippen molar-refractivity contribution in [3.05, 3.63) is 82.7 Å². The first-order valence-corrected chi connectivity index (χ1v) is 9.07. The van der Waals surface area contributed by atoms with E-state index in [1.165, 1.54) is 0 Å². The number of rotatable bonds is 5. The molecule has 0 atom stereocenters. The Balaban J connectivity index is 1.90. The fraction of sp³-hybridized carbons (Fsp3) is 0.217. The highest BCUT2D eigenvalue weighted by molar-refractivity contribution is 5.89. The molecule has 0 aliphatic rings. The largest absolute Gasteiger partial charge is 0.462 e. The second-order valence-electron chi connectivity index (χ2n) is 6.47. The van der Waals surface area contributed by atoms with E-state index in [0.717, 1.165) is 33.9 Å². The zero-order chi connectivity index (χ0) is 19.4. The lowest BCUT2D eigenvalue weighted by Crippen LogP contribution is -2.05. The average molecular weight is 360 g/mol. The van der Waals surface area contributed by atoms with Gasteiger partial charge in [-0.2, -0.15) is 0 Å². The van der Waals surface area contributed by atoms with Crippen LogP contribution in [-0.2, 0) is 4.74 Å². The molecule has 0 unspecified atom stereocenters. The van der Waals surface area contributed by atoms with Gasteiger partial charge in [0.2, 0.25) is 0 Å². The van der Waals surface area contributed by atoms with E-state index in [2.05, 4.69) is 42.5 Å². The van der Waals surface area contributed by atoms with Crippen LogP contribution in [0.2, 0.25) is 0 Å². The Kier molecular flexibility index (Phi) is 5.55. The summed E-state index contributed by atoms with van der Waals surface area (Å²) >= 11 is 0. The normalized spacial score (nSPS) is 11.1. The van der Waals surface area contributed by atoms with Crippen LogP contribution >= 0.6 is 0 Å². The van der Waals surface area contributed by atoms with Crippen LogP contribution in [0.3, 0.4) is 0 Å². The molecule has 0 radical (unpaired) electrons. The smallest absolute Gasteiger partial charge is 0.338 e. The number of aryl methyl sites for hydroxylation is 2. The summed E-state index contributed by atoms with van der Waals surface area (Å²) in [5.41, 5.74) is 6.98. The fourth-order valence-electron chi connectivity index (χ4n) is 3.12. The summed E-state index contributed by atoms with van der Waals surface area (Å²) < 4.78 is 7.21. The molecule has 2 aromatic carbocycles. The SMILES string of the molecule is CCOC(=O)c1ccc(-n2c(C)cc(C=Nc3ccccc3C)c2C)cc1. The molecule has 27 heavy (non-hydrogen) atoms. The summed E-state index contributed by atoms with van der Waals surface area (Å²) in [5.74, 6) is -0.295. The fourth-order valence-corrected chi connectivity index (χ4v) is 3.12. The third kappa shape index (κ3) is 4.00. The van der Waals surface area contributed by atoms with E-state index >= 15 is 0 Å². The van der Waals surface area contributed by atoms with Gasteiger partial charge in [0.15, 0.2) is 0 Å². The van der Waals surface area contributed by atoms with E-state index < -0.39 is 0 Å². The van der Waals surface area contributed by atoms with Crippen molar-refractivity contribution in [3.8, 4) is 5.69 Å². The van der Waals surface area contributed by atoms with Gasteiger partial charge < -0.3 is 9.30 Å². The molecule has 3 rings (SSSR count). The van der Waals surface area contributed by atoms with Crippen LogP contribution < -0.4 is 0 Å². The number of para-hydroxylation sites is 1. The number of ether oxygens (including phenoxy) is 1. The summed E-state index contributed by atoms with van der Waals surface area (Å²) in [5, 5.41) is 0. The first kappa shape index (κ1) is 18.6. The molecule has 0 N–H and O–H groups in total. The van der Waals surface area contributed by atoms with Gasteiger partial charge in [0.1, 0.15) is 0 Å². The molecule has 0 spiro atoms. The van der Waals surface area contributed by atoms with Gasteiger partial charge in [0, 0.05) is 28.9 Å². The second kappa shape index (κ2) is 8.04. The number of hydrogen-bond acceptors (Lipinski definition) is 3. The third-order valence-corrected chi connectivity index (χ3v) is 4.57. The van der Waals surface area contributed by atoms with E-state index in [1.807, 2.05) is 36.5 Å². The predicted octanol–water partition coefficient (Wildman–Crippen LogP) is 5.33. The van der Waals surface area contributed by atoms with Gasteiger partial charge in [-0.05, 0) is 69.7 Å². The van der Waals surface area contributed by atoms with Gasteiger partial charge in [0.05, 0.1) is 17.9 Å². The molecule has 0 bridgehead atoms. The highest BCUT2D eigenvalue weighted by Crippen LogP contribution is 2.22. The van der Waals surface area contributed by atoms with E-state index in [-0.39, 0.29) is 5.97 Å². The zero-order valence-corrected chi connectivity index (χ0v) is 16.2. The van der Waals surface area contributed by atoms with Gasteiger partial charge in [-0.25, -0.2) is 4.79 Å². The lowest BCUT2D eigenvalue weighted by atomic mass is 10.2. The maximum absolute atomic E-state index is 11.8. The molecule has 1 aromatic heterocycles. The standard InChI is InChI=1S/C23H24N2O2/c1-5-27-23(26)19-10-12-21(13-11-19)25-17(3)14-20(18(25)4)15-24-22-9-7-6-8-16(22)2/h6-15H,5H2,1-4H3. The number of nitrogens with zero attached hydrogens (tertiary/aromatic N) is 2. The highest BCUT2D eigenvalue weighted by Gasteiger charge is 2.11. The molecule has 0 saturated carbocycles. The summed E-state index contributed by atoms with van der Waals surface area (Å²) in [6, 6.07) is 17.7. The van der Waals surface area contributed by atoms with Crippen molar-refractivity contribution in [2.24, 2.45) is 4.99 Å². The maximum Gasteiger partial charge on any atom is 0.338 e. The van der Waals surface area contributed by atoms with E-state index in [1.54, 1.807) is 19.1 Å². The second-order valence-corrected chi connectivity index (χ2v) is 6.47. The lowest BCUT2D eigenvalue weighted by molar-refractivity contribution is 0.0526. The number of aromatic nitrogens is 1. The number of benzene rings is 2. The van der Waals surface area contributed by atoms with E-state index in [0.29, 0.717) is 12.2 Å². The molecule has 0 saturated heterocycles. The summed E-state index contributed by atoms with van der Waals surface area (Å²) in [6.45, 7) is 8.38. The summed E-state index contributed by atoms with van der Waals surface area (Å²) in [6.07, 6.45) is 1.91. The minimum absolute atomic E-state index is 0.295. The van der Waals surface area contributed by atoms with Gasteiger partial charge in [-0.3, -0.25) is 4.99 Å². The molecular formula is C23H24N2O2. The van der Waals surface area contributed by atoms with Crippen molar-refractivity contribution in [2.45, 2.75) is 27.7 Å². The van der Waals surface area contributed by atoms with Crippen molar-refractivity contribution in [1.82, 2.24) is 4.57 Å². The van der Waals surface area contributed by atoms with Crippen LogP contribution in [0.4, 0.5) is 5.69 Å². The maximum atomic E-state index is 11.8. The van der Waals surface area contributed by atoms with Crippen molar-refractivity contribution < 1.29 is 9.53 Å². The highest BCUT2D eigenvalue weighted by atomic mass is 16.5. The molecule has 0 amide bonds. The Hall–Kier alpha value is -3.14. The molecular weight excluding hydrogens is 336 g/mol. The number of hydrogen-bond donors (Lipinski definition) is 0. The Morgan fingerprint density at radius 1 is 1.07 bits per heavy atom. The number of carbonyl (C=O) groups excluding carboxylic acids is 1. The first-order chi connectivity index (χ1) is 13.0. The Morgan fingerprint density at radius 3 is 2.44 bits per heavy atom. The van der Waals surface area contributed by atoms with E-state index in [4.69, 9.17) is 4.74 Å². The quantitative estimate of drug-likeness (QED) is 0.456. The van der Waals surface area contributed by atoms with Crippen LogP contribution in [0.1, 0.15) is 39.8 Å². The first-order valence-electron chi connectivity index (χ1n) is 9.07. The number of aliphatic imine (C=N–C) groups is 1. The van der Waals surface area contributed by atoms with Gasteiger partial charge in [-0.1, -0.05) is 18.2 Å². The Bertz CT molecular complexity index is 982. The topological polar surface area (TPSA) is 43.6 Å². The molecule has 4 heteroatoms. The predicted molar refractivity (Wildman–Crippen MR) is 110 cm³/mol. The lowest BCUT2D eigenvalue weighted by Gasteiger charge is -2.10. The minimum Gasteiger partial charge on any atom is -0.462 e. The molecule has 1 heterocycles. The molecule has 0 fully saturated rings. The average Bonchev–Trinajstić information content (AvgIpc) is 2.95. The van der Waals surface area contributed by atoms with Crippen LogP contribution in [0.5, 0.6) is 0 Å². The molecule has 0 aliphatic heterocycles. The van der Waals surface area contributed by atoms with Crippen molar-refractivity contribution in [1.29, 1.82) is 0 Å². The monoisotopic (exact) mass is 360 g/mol. The van der Waals surface area contributed by atoms with Gasteiger partial charge in [0.25, 0.3) is 0 Å². The Morgan fingerprint density at radius 2 is 1.78 bits per heavy atom. The molecule has 138 valence electrons. The number of esters is 1. The Labute approximate surface area is 160 Å². The summed E-state index contributed by atoms with van der Waals surface area (Å²) in [7, 11) is 0. The van der Waals surface area contributed by atoms with E-state index in [9.17, 15) is 4.79 Å². The van der Waals surface area contributed by atoms with Crippen molar-refractivity contribution in [2.75, 3.05) is 6.61 Å². The molecule has 3 aromatic rings. The van der Waals surface area contributed by atoms with Crippen molar-refractivity contribution >= 4 is 17.9 Å². The van der Waals surface area contributed by atoms with Crippen molar-refractivity contribution in [3.63, 3.8) is 0 Å². The molecule has 0 aliphatic carbocycles. The summed E-state index contributed by atoms with van der Waals surface area (Å²) in [4.78, 5) is 16.5. The zero-order valence-electron chi connectivity index (χ0n) is 16.2. The van der Waals surface area contributed by atoms with Gasteiger partial charge >= 0.3 is 5.97 Å². The number of carbonyl (C=O) groups is 1. The third-order valence-electron chi connectivity index (χ3n) is 4.57. The van der Waals surface area contributed by atoms with Crippen LogP contribution in [0.25, 0.3) is 5.69 Å². The van der Waals surface area contributed by atoms with Gasteiger partial charge in [-0.15, -0.1) is 0 Å².